The van der Waals surface area contributed by atoms with Crippen LogP contribution in [0.5, 0.6) is 0 Å². The molecule has 0 aliphatic carbocycles. The highest BCUT2D eigenvalue weighted by atomic mass is 32.2. The molecule has 1 saturated heterocycles. The molecule has 2 atom stereocenters. The zero-order chi connectivity index (χ0) is 11.4. The van der Waals surface area contributed by atoms with Crippen molar-refractivity contribution in [2.45, 2.75) is 18.7 Å². The lowest BCUT2D eigenvalue weighted by Crippen LogP contribution is -2.23. The van der Waals surface area contributed by atoms with Gasteiger partial charge in [0, 0.05) is 30.3 Å². The molecule has 0 aromatic heterocycles. The SMILES string of the molecule is CC1CN(CCSc2ccccc2)CC1C. The van der Waals surface area contributed by atoms with Crippen molar-refractivity contribution in [1.82, 2.24) is 4.90 Å². The van der Waals surface area contributed by atoms with Gasteiger partial charge < -0.3 is 4.90 Å². The van der Waals surface area contributed by atoms with Gasteiger partial charge in [-0.3, -0.25) is 0 Å². The molecule has 0 radical (unpaired) electrons. The molecule has 16 heavy (non-hydrogen) atoms. The predicted octanol–water partition coefficient (Wildman–Crippen LogP) is 3.37. The Hall–Kier alpha value is -0.470. The average Bonchev–Trinajstić information content (AvgIpc) is 2.60. The largest absolute Gasteiger partial charge is 0.302 e. The Morgan fingerprint density at radius 2 is 1.75 bits per heavy atom. The first kappa shape index (κ1) is 12.0. The van der Waals surface area contributed by atoms with E-state index in [-0.39, 0.29) is 0 Å². The third-order valence-electron chi connectivity index (χ3n) is 3.48. The third-order valence-corrected chi connectivity index (χ3v) is 4.48. The number of nitrogens with zero attached hydrogens (tertiary/aromatic N) is 1. The quantitative estimate of drug-likeness (QED) is 0.736. The summed E-state index contributed by atoms with van der Waals surface area (Å²) in [4.78, 5) is 3.99. The maximum Gasteiger partial charge on any atom is 0.0108 e. The summed E-state index contributed by atoms with van der Waals surface area (Å²) < 4.78 is 0. The maximum absolute atomic E-state index is 2.60. The van der Waals surface area contributed by atoms with Crippen LogP contribution in [0.15, 0.2) is 35.2 Å². The smallest absolute Gasteiger partial charge is 0.0108 e. The zero-order valence-corrected chi connectivity index (χ0v) is 11.0. The van der Waals surface area contributed by atoms with Gasteiger partial charge in [0.15, 0.2) is 0 Å². The molecule has 1 heterocycles. The zero-order valence-electron chi connectivity index (χ0n) is 10.2. The molecule has 1 nitrogen and oxygen atoms in total. The second-order valence-corrected chi connectivity index (χ2v) is 6.04. The first-order valence-electron chi connectivity index (χ1n) is 6.16. The van der Waals surface area contributed by atoms with Crippen LogP contribution in [0.1, 0.15) is 13.8 Å². The molecule has 1 aromatic carbocycles. The van der Waals surface area contributed by atoms with Crippen LogP contribution in [0, 0.1) is 11.8 Å². The van der Waals surface area contributed by atoms with Crippen LogP contribution in [0.3, 0.4) is 0 Å². The number of likely N-dealkylation sites (tertiary alicyclic amines) is 1. The van der Waals surface area contributed by atoms with Gasteiger partial charge in [0.1, 0.15) is 0 Å². The molecule has 2 heteroatoms. The molecule has 2 unspecified atom stereocenters. The lowest BCUT2D eigenvalue weighted by molar-refractivity contribution is 0.345. The first-order chi connectivity index (χ1) is 7.75. The Balaban J connectivity index is 1.69. The maximum atomic E-state index is 2.60. The van der Waals surface area contributed by atoms with Gasteiger partial charge in [0.2, 0.25) is 0 Å². The lowest BCUT2D eigenvalue weighted by atomic mass is 10.0. The highest BCUT2D eigenvalue weighted by Gasteiger charge is 2.25. The second-order valence-electron chi connectivity index (χ2n) is 4.88. The minimum absolute atomic E-state index is 0.877. The van der Waals surface area contributed by atoms with Gasteiger partial charge in [-0.15, -0.1) is 11.8 Å². The van der Waals surface area contributed by atoms with Crippen LogP contribution in [-0.2, 0) is 0 Å². The Kier molecular flexibility index (Phi) is 4.30. The molecule has 0 N–H and O–H groups in total. The number of hydrogen-bond acceptors (Lipinski definition) is 2. The van der Waals surface area contributed by atoms with Gasteiger partial charge >= 0.3 is 0 Å². The molecule has 0 saturated carbocycles. The topological polar surface area (TPSA) is 3.24 Å². The lowest BCUT2D eigenvalue weighted by Gasteiger charge is -2.14. The van der Waals surface area contributed by atoms with E-state index in [0.717, 1.165) is 11.8 Å². The van der Waals surface area contributed by atoms with E-state index < -0.39 is 0 Å². The normalized spacial score (nSPS) is 26.1. The van der Waals surface area contributed by atoms with Gasteiger partial charge in [-0.1, -0.05) is 32.0 Å². The van der Waals surface area contributed by atoms with E-state index in [2.05, 4.69) is 49.1 Å². The monoisotopic (exact) mass is 235 g/mol. The van der Waals surface area contributed by atoms with Crippen molar-refractivity contribution in [3.8, 4) is 0 Å². The van der Waals surface area contributed by atoms with E-state index in [9.17, 15) is 0 Å². The van der Waals surface area contributed by atoms with E-state index in [4.69, 9.17) is 0 Å². The molecular weight excluding hydrogens is 214 g/mol. The third kappa shape index (κ3) is 3.26. The Labute approximate surface area is 103 Å². The summed E-state index contributed by atoms with van der Waals surface area (Å²) in [6.45, 7) is 8.55. The predicted molar refractivity (Wildman–Crippen MR) is 71.9 cm³/mol. The molecular formula is C14H21NS. The van der Waals surface area contributed by atoms with E-state index >= 15 is 0 Å². The van der Waals surface area contributed by atoms with Gasteiger partial charge in [0.25, 0.3) is 0 Å². The van der Waals surface area contributed by atoms with Gasteiger partial charge in [-0.25, -0.2) is 0 Å². The average molecular weight is 235 g/mol. The second kappa shape index (κ2) is 5.74. The van der Waals surface area contributed by atoms with Crippen LogP contribution < -0.4 is 0 Å². The molecule has 1 aliphatic rings. The molecule has 0 amide bonds. The number of rotatable bonds is 4. The minimum Gasteiger partial charge on any atom is -0.302 e. The Bertz CT molecular complexity index is 302. The van der Waals surface area contributed by atoms with Gasteiger partial charge in [-0.05, 0) is 24.0 Å². The number of hydrogen-bond donors (Lipinski definition) is 0. The molecule has 1 fully saturated rings. The van der Waals surface area contributed by atoms with E-state index in [0.29, 0.717) is 0 Å². The van der Waals surface area contributed by atoms with E-state index in [1.807, 2.05) is 11.8 Å². The fourth-order valence-corrected chi connectivity index (χ4v) is 3.18. The summed E-state index contributed by atoms with van der Waals surface area (Å²) >= 11 is 1.97. The standard InChI is InChI=1S/C14H21NS/c1-12-10-15(11-13(12)2)8-9-16-14-6-4-3-5-7-14/h3-7,12-13H,8-11H2,1-2H3. The fourth-order valence-electron chi connectivity index (χ4n) is 2.24. The molecule has 88 valence electrons. The van der Waals surface area contributed by atoms with Crippen LogP contribution in [0.4, 0.5) is 0 Å². The van der Waals surface area contributed by atoms with Crippen molar-refractivity contribution >= 4 is 11.8 Å². The van der Waals surface area contributed by atoms with Crippen molar-refractivity contribution < 1.29 is 0 Å². The van der Waals surface area contributed by atoms with Gasteiger partial charge in [-0.2, -0.15) is 0 Å². The van der Waals surface area contributed by atoms with E-state index in [1.54, 1.807) is 0 Å². The van der Waals surface area contributed by atoms with Crippen molar-refractivity contribution in [3.63, 3.8) is 0 Å². The van der Waals surface area contributed by atoms with Crippen LogP contribution in [0.25, 0.3) is 0 Å². The number of thioether (sulfide) groups is 1. The van der Waals surface area contributed by atoms with Gasteiger partial charge in [0.05, 0.1) is 0 Å². The van der Waals surface area contributed by atoms with Crippen molar-refractivity contribution in [3.05, 3.63) is 30.3 Å². The molecule has 1 aliphatic heterocycles. The summed E-state index contributed by atoms with van der Waals surface area (Å²) in [5, 5.41) is 0. The van der Waals surface area contributed by atoms with E-state index in [1.165, 1.54) is 30.3 Å². The number of benzene rings is 1. The van der Waals surface area contributed by atoms with Crippen LogP contribution >= 0.6 is 11.8 Å². The fraction of sp³-hybridized carbons (Fsp3) is 0.571. The van der Waals surface area contributed by atoms with Crippen molar-refractivity contribution in [1.29, 1.82) is 0 Å². The summed E-state index contributed by atoms with van der Waals surface area (Å²) in [7, 11) is 0. The summed E-state index contributed by atoms with van der Waals surface area (Å²) in [5.74, 6) is 2.96. The van der Waals surface area contributed by atoms with Crippen LogP contribution in [0.2, 0.25) is 0 Å². The molecule has 1 aromatic rings. The Morgan fingerprint density at radius 1 is 1.12 bits per heavy atom. The molecule has 0 bridgehead atoms. The Morgan fingerprint density at radius 3 is 2.38 bits per heavy atom. The molecule has 0 spiro atoms. The summed E-state index contributed by atoms with van der Waals surface area (Å²) in [5.41, 5.74) is 0. The summed E-state index contributed by atoms with van der Waals surface area (Å²) in [6.07, 6.45) is 0. The highest BCUT2D eigenvalue weighted by Crippen LogP contribution is 2.23. The van der Waals surface area contributed by atoms with Crippen molar-refractivity contribution in [2.24, 2.45) is 11.8 Å². The first-order valence-corrected chi connectivity index (χ1v) is 7.14. The van der Waals surface area contributed by atoms with Crippen molar-refractivity contribution in [2.75, 3.05) is 25.4 Å². The summed E-state index contributed by atoms with van der Waals surface area (Å²) in [6, 6.07) is 10.7. The highest BCUT2D eigenvalue weighted by molar-refractivity contribution is 7.99. The van der Waals surface area contributed by atoms with Crippen LogP contribution in [-0.4, -0.2) is 30.3 Å². The minimum atomic E-state index is 0.877. The molecule has 2 rings (SSSR count).